The Kier molecular flexibility index (Phi) is 6.44. The minimum Gasteiger partial charge on any atom is -0.488 e. The van der Waals surface area contributed by atoms with Crippen molar-refractivity contribution in [3.8, 4) is 5.75 Å². The molecule has 2 aromatic carbocycles. The summed E-state index contributed by atoms with van der Waals surface area (Å²) in [4.78, 5) is 20.3. The Balaban J connectivity index is 1.28. The molecule has 0 aromatic heterocycles. The Morgan fingerprint density at radius 3 is 2.72 bits per heavy atom. The molecule has 2 atom stereocenters. The molecule has 0 saturated carbocycles. The third kappa shape index (κ3) is 4.93. The van der Waals surface area contributed by atoms with Gasteiger partial charge in [0.05, 0.1) is 18.0 Å². The highest BCUT2D eigenvalue weighted by molar-refractivity contribution is 7.80. The zero-order valence-electron chi connectivity index (χ0n) is 21.8. The molecule has 0 saturated heterocycles. The largest absolute Gasteiger partial charge is 0.488 e. The van der Waals surface area contributed by atoms with Crippen molar-refractivity contribution in [2.75, 3.05) is 0 Å². The summed E-state index contributed by atoms with van der Waals surface area (Å²) in [6.07, 6.45) is 6.19. The highest BCUT2D eigenvalue weighted by Crippen LogP contribution is 2.43. The van der Waals surface area contributed by atoms with Crippen LogP contribution in [0.2, 0.25) is 0 Å². The predicted octanol–water partition coefficient (Wildman–Crippen LogP) is 6.23. The molecule has 3 aliphatic rings. The van der Waals surface area contributed by atoms with Crippen LogP contribution in [0.4, 0.5) is 0 Å². The molecule has 5 rings (SSSR count). The fourth-order valence-corrected chi connectivity index (χ4v) is 6.48. The maximum absolute atomic E-state index is 13.0. The normalized spacial score (nSPS) is 23.9. The number of hydrogen-bond donors (Lipinski definition) is 1. The summed E-state index contributed by atoms with van der Waals surface area (Å²) in [6.45, 7) is 8.25. The van der Waals surface area contributed by atoms with Crippen molar-refractivity contribution in [1.82, 2.24) is 4.90 Å². The first-order valence-electron chi connectivity index (χ1n) is 13.1. The number of ether oxygens (including phenoxy) is 1. The molecule has 1 aliphatic carbocycles. The molecule has 5 nitrogen and oxygen atoms in total. The maximum atomic E-state index is 13.0. The van der Waals surface area contributed by atoms with Gasteiger partial charge in [0.15, 0.2) is 5.96 Å². The van der Waals surface area contributed by atoms with Crippen LogP contribution in [0, 0.1) is 0 Å². The van der Waals surface area contributed by atoms with E-state index in [1.165, 1.54) is 16.7 Å². The van der Waals surface area contributed by atoms with Crippen LogP contribution in [0.25, 0.3) is 0 Å². The number of thiocarbonyl (C=S) groups is 1. The van der Waals surface area contributed by atoms with Crippen LogP contribution in [-0.2, 0) is 11.2 Å². The molecule has 0 fully saturated rings. The van der Waals surface area contributed by atoms with E-state index in [9.17, 15) is 4.79 Å². The van der Waals surface area contributed by atoms with Gasteiger partial charge in [-0.3, -0.25) is 9.69 Å². The second-order valence-electron chi connectivity index (χ2n) is 11.8. The number of para-hydroxylation sites is 1. The molecule has 2 heterocycles. The predicted molar refractivity (Wildman–Crippen MR) is 149 cm³/mol. The average Bonchev–Trinajstić information content (AvgIpc) is 3.20. The Hall–Kier alpha value is -2.73. The fraction of sp³-hybridized carbons (Fsp3) is 0.500. The van der Waals surface area contributed by atoms with E-state index >= 15 is 0 Å². The zero-order chi connectivity index (χ0) is 25.7. The van der Waals surface area contributed by atoms with Crippen molar-refractivity contribution < 1.29 is 9.53 Å². The first-order valence-corrected chi connectivity index (χ1v) is 13.6. The van der Waals surface area contributed by atoms with Crippen molar-refractivity contribution in [2.24, 2.45) is 10.7 Å². The van der Waals surface area contributed by atoms with Gasteiger partial charge in [0, 0.05) is 4.86 Å². The van der Waals surface area contributed by atoms with Gasteiger partial charge in [-0.1, -0.05) is 42.5 Å². The number of nitrogens with two attached hydrogens (primary N) is 1. The molecule has 0 spiro atoms. The average molecular weight is 504 g/mol. The van der Waals surface area contributed by atoms with Gasteiger partial charge in [-0.25, -0.2) is 4.99 Å². The molecule has 0 bridgehead atoms. The van der Waals surface area contributed by atoms with Crippen LogP contribution in [0.15, 0.2) is 47.5 Å². The molecule has 6 heteroatoms. The van der Waals surface area contributed by atoms with Crippen molar-refractivity contribution in [1.29, 1.82) is 0 Å². The summed E-state index contributed by atoms with van der Waals surface area (Å²) < 4.78 is 6.20. The number of amides is 1. The van der Waals surface area contributed by atoms with E-state index in [4.69, 9.17) is 22.7 Å². The SMILES string of the molecule is CC1(C)CC(=O)N([C@@H]2CCc3ccc(C(=S)CCC[C@H]4CC(C)(C)Oc5ccccc54)cc32)C(N)=N1. The lowest BCUT2D eigenvalue weighted by Crippen LogP contribution is -2.50. The van der Waals surface area contributed by atoms with Crippen LogP contribution >= 0.6 is 12.2 Å². The molecular weight excluding hydrogens is 466 g/mol. The van der Waals surface area contributed by atoms with Crippen molar-refractivity contribution >= 4 is 28.9 Å². The van der Waals surface area contributed by atoms with Crippen LogP contribution in [0.1, 0.15) is 100 Å². The quantitative estimate of drug-likeness (QED) is 0.375. The summed E-state index contributed by atoms with van der Waals surface area (Å²) in [5.74, 6) is 1.89. The molecular formula is C30H37N3O2S. The van der Waals surface area contributed by atoms with E-state index in [0.29, 0.717) is 18.3 Å². The Morgan fingerprint density at radius 1 is 1.17 bits per heavy atom. The molecule has 2 aromatic rings. The lowest BCUT2D eigenvalue weighted by atomic mass is 9.81. The van der Waals surface area contributed by atoms with E-state index in [2.05, 4.69) is 55.2 Å². The van der Waals surface area contributed by atoms with Crippen LogP contribution in [0.3, 0.4) is 0 Å². The van der Waals surface area contributed by atoms with E-state index in [1.807, 2.05) is 19.9 Å². The number of benzene rings is 2. The van der Waals surface area contributed by atoms with Gasteiger partial charge in [-0.15, -0.1) is 0 Å². The lowest BCUT2D eigenvalue weighted by molar-refractivity contribution is -0.131. The van der Waals surface area contributed by atoms with Crippen molar-refractivity contribution in [3.05, 3.63) is 64.7 Å². The summed E-state index contributed by atoms with van der Waals surface area (Å²) in [7, 11) is 0. The maximum Gasteiger partial charge on any atom is 0.232 e. The van der Waals surface area contributed by atoms with Gasteiger partial charge >= 0.3 is 0 Å². The second kappa shape index (κ2) is 9.29. The van der Waals surface area contributed by atoms with Gasteiger partial charge in [-0.05, 0) is 107 Å². The van der Waals surface area contributed by atoms with E-state index < -0.39 is 5.54 Å². The standard InChI is InChI=1S/C30H37N3O2S/c1-29(2)18-27(34)33(28(31)32-29)24-15-14-19-12-13-20(16-23(19)24)26(36)11-7-8-21-17-30(3,4)35-25-10-6-5-9-22(21)25/h5-6,9-10,12-13,16,21,24H,7-8,11,14-15,17-18H2,1-4H3,(H2,31,32)/t21-,24+/m0/s1. The number of aliphatic imine (C=N–C) groups is 1. The summed E-state index contributed by atoms with van der Waals surface area (Å²) >= 11 is 5.90. The van der Waals surface area contributed by atoms with Crippen molar-refractivity contribution in [3.63, 3.8) is 0 Å². The van der Waals surface area contributed by atoms with Crippen molar-refractivity contribution in [2.45, 2.75) is 95.7 Å². The van der Waals surface area contributed by atoms with Crippen LogP contribution in [0.5, 0.6) is 5.75 Å². The van der Waals surface area contributed by atoms with Gasteiger partial charge in [0.25, 0.3) is 0 Å². The number of fused-ring (bicyclic) bond motifs is 2. The number of nitrogens with zero attached hydrogens (tertiary/aromatic N) is 2. The Labute approximate surface area is 220 Å². The Bertz CT molecular complexity index is 1230. The number of hydrogen-bond acceptors (Lipinski definition) is 5. The summed E-state index contributed by atoms with van der Waals surface area (Å²) in [5, 5.41) is 0. The highest BCUT2D eigenvalue weighted by atomic mass is 32.1. The minimum atomic E-state index is -0.442. The summed E-state index contributed by atoms with van der Waals surface area (Å²) in [5.41, 5.74) is 10.5. The molecule has 2 N–H and O–H groups in total. The number of guanidine groups is 1. The van der Waals surface area contributed by atoms with Crippen LogP contribution in [-0.4, -0.2) is 32.8 Å². The Morgan fingerprint density at radius 2 is 1.94 bits per heavy atom. The molecule has 190 valence electrons. The zero-order valence-corrected chi connectivity index (χ0v) is 22.7. The number of carbonyl (C=O) groups excluding carboxylic acids is 1. The van der Waals surface area contributed by atoms with Gasteiger partial charge in [-0.2, -0.15) is 0 Å². The third-order valence-corrected chi connectivity index (χ3v) is 8.22. The number of aryl methyl sites for hydroxylation is 1. The monoisotopic (exact) mass is 503 g/mol. The van der Waals surface area contributed by atoms with Gasteiger partial charge in [0.2, 0.25) is 5.91 Å². The summed E-state index contributed by atoms with van der Waals surface area (Å²) in [6, 6.07) is 14.9. The highest BCUT2D eigenvalue weighted by Gasteiger charge is 2.39. The first kappa shape index (κ1) is 24.9. The first-order chi connectivity index (χ1) is 17.0. The van der Waals surface area contributed by atoms with Crippen LogP contribution < -0.4 is 10.5 Å². The number of carbonyl (C=O) groups is 1. The molecule has 1 amide bonds. The molecule has 0 unspecified atom stereocenters. The van der Waals surface area contributed by atoms with Gasteiger partial charge < -0.3 is 10.5 Å². The molecule has 36 heavy (non-hydrogen) atoms. The van der Waals surface area contributed by atoms with E-state index in [0.717, 1.165) is 54.7 Å². The van der Waals surface area contributed by atoms with Gasteiger partial charge in [0.1, 0.15) is 11.4 Å². The molecule has 0 radical (unpaired) electrons. The van der Waals surface area contributed by atoms with E-state index in [-0.39, 0.29) is 17.6 Å². The van der Waals surface area contributed by atoms with E-state index in [1.54, 1.807) is 4.90 Å². The fourth-order valence-electron chi connectivity index (χ4n) is 6.21. The minimum absolute atomic E-state index is 0.0537. The number of rotatable bonds is 6. The topological polar surface area (TPSA) is 67.9 Å². The third-order valence-electron chi connectivity index (χ3n) is 7.78. The molecule has 2 aliphatic heterocycles. The second-order valence-corrected chi connectivity index (χ2v) is 12.3. The smallest absolute Gasteiger partial charge is 0.232 e. The lowest BCUT2D eigenvalue weighted by Gasteiger charge is -2.37.